The highest BCUT2D eigenvalue weighted by molar-refractivity contribution is 7.91. The number of piperidine rings is 1. The van der Waals surface area contributed by atoms with Gasteiger partial charge in [-0.15, -0.1) is 0 Å². The van der Waals surface area contributed by atoms with E-state index in [9.17, 15) is 14.5 Å². The molecule has 0 radical (unpaired) electrons. The molecule has 1 N–H and O–H groups in total. The first kappa shape index (κ1) is 23.4. The average Bonchev–Trinajstić information content (AvgIpc) is 2.89. The maximum absolute atomic E-state index is 12.7. The molecule has 1 aliphatic heterocycles. The normalized spacial score (nSPS) is 15.8. The highest BCUT2D eigenvalue weighted by Crippen LogP contribution is 2.42. The van der Waals surface area contributed by atoms with Crippen molar-refractivity contribution in [2.24, 2.45) is 5.92 Å². The third-order valence-corrected chi connectivity index (χ3v) is 7.65. The zero-order chi connectivity index (χ0) is 23.3. The van der Waals surface area contributed by atoms with Crippen molar-refractivity contribution in [1.29, 1.82) is 0 Å². The summed E-state index contributed by atoms with van der Waals surface area (Å²) in [7, 11) is 0. The number of aliphatic hydroxyl groups is 1. The summed E-state index contributed by atoms with van der Waals surface area (Å²) >= 11 is -1.03. The third-order valence-electron chi connectivity index (χ3n) is 6.33. The summed E-state index contributed by atoms with van der Waals surface area (Å²) in [6.45, 7) is 2.87. The number of hydrogen-bond donors (Lipinski definition) is 1. The molecule has 3 aromatic rings. The van der Waals surface area contributed by atoms with Crippen LogP contribution in [0, 0.1) is 5.92 Å². The summed E-state index contributed by atoms with van der Waals surface area (Å²) in [4.78, 5) is 15.1. The van der Waals surface area contributed by atoms with Gasteiger partial charge >= 0.3 is 6.09 Å². The molecular weight excluding hydrogens is 434 g/mol. The predicted molar refractivity (Wildman–Crippen MR) is 130 cm³/mol. The van der Waals surface area contributed by atoms with E-state index in [4.69, 9.17) is 4.74 Å². The Morgan fingerprint density at radius 2 is 1.48 bits per heavy atom. The minimum absolute atomic E-state index is 0.0327. The van der Waals surface area contributed by atoms with Crippen molar-refractivity contribution in [3.05, 3.63) is 96.1 Å². The van der Waals surface area contributed by atoms with E-state index in [0.29, 0.717) is 37.4 Å². The second-order valence-electron chi connectivity index (χ2n) is 8.23. The zero-order valence-electron chi connectivity index (χ0n) is 18.7. The number of carbonyl (C=O) groups is 1. The number of rotatable bonds is 6. The number of nitrogens with zero attached hydrogens (tertiary/aromatic N) is 1. The van der Waals surface area contributed by atoms with Crippen LogP contribution in [-0.2, 0) is 16.8 Å². The van der Waals surface area contributed by atoms with Crippen LogP contribution in [-0.4, -0.2) is 39.5 Å². The van der Waals surface area contributed by atoms with Crippen molar-refractivity contribution in [2.75, 3.05) is 18.8 Å². The van der Waals surface area contributed by atoms with Crippen molar-refractivity contribution in [3.8, 4) is 5.75 Å². The van der Waals surface area contributed by atoms with Gasteiger partial charge in [0.15, 0.2) is 4.90 Å². The average molecular weight is 464 g/mol. The molecule has 0 aromatic heterocycles. The van der Waals surface area contributed by atoms with Gasteiger partial charge in [0.05, 0.1) is 0 Å². The van der Waals surface area contributed by atoms with Gasteiger partial charge < -0.3 is 19.3 Å². The molecule has 6 heteroatoms. The molecule has 3 aromatic carbocycles. The number of likely N-dealkylation sites (tertiary alicyclic amines) is 1. The zero-order valence-corrected chi connectivity index (χ0v) is 19.5. The topological polar surface area (TPSA) is 72.8 Å². The molecule has 172 valence electrons. The van der Waals surface area contributed by atoms with Crippen LogP contribution in [0.2, 0.25) is 0 Å². The maximum atomic E-state index is 12.7. The molecule has 1 saturated heterocycles. The van der Waals surface area contributed by atoms with Gasteiger partial charge in [0.25, 0.3) is 0 Å². The molecule has 1 aliphatic rings. The summed E-state index contributed by atoms with van der Waals surface area (Å²) in [5.41, 5.74) is 0.604. The van der Waals surface area contributed by atoms with Crippen LogP contribution in [0.3, 0.4) is 0 Å². The lowest BCUT2D eigenvalue weighted by molar-refractivity contribution is -0.0115. The highest BCUT2D eigenvalue weighted by atomic mass is 32.2. The van der Waals surface area contributed by atoms with Gasteiger partial charge in [-0.2, -0.15) is 0 Å². The summed E-state index contributed by atoms with van der Waals surface area (Å²) in [6.07, 6.45) is 0.911. The number of amides is 1. The molecule has 1 fully saturated rings. The molecule has 0 aliphatic carbocycles. The standard InChI is InChI=1S/C27H29NO4S/c1-2-33(31)25-15-13-24(14-16-25)32-26(29)28-19-17-23(18-20-28)27(30,21-9-5-3-6-10-21)22-11-7-4-8-12-22/h3-16,23,30H,2,17-20H2,1H3. The monoisotopic (exact) mass is 463 g/mol. The molecule has 33 heavy (non-hydrogen) atoms. The van der Waals surface area contributed by atoms with E-state index in [2.05, 4.69) is 0 Å². The Labute approximate surface area is 198 Å². The SMILES string of the molecule is CC[S+]([O-])c1ccc(OC(=O)N2CCC(C(O)(c3ccccc3)c3ccccc3)CC2)cc1. The van der Waals surface area contributed by atoms with E-state index < -0.39 is 22.9 Å². The number of carbonyl (C=O) groups excluding carboxylic acids is 1. The van der Waals surface area contributed by atoms with Gasteiger partial charge in [-0.25, -0.2) is 4.79 Å². The molecule has 5 nitrogen and oxygen atoms in total. The minimum Gasteiger partial charge on any atom is -0.611 e. The first-order valence-corrected chi connectivity index (χ1v) is 12.6. The van der Waals surface area contributed by atoms with Crippen LogP contribution in [0.5, 0.6) is 5.75 Å². The Bertz CT molecular complexity index is 995. The van der Waals surface area contributed by atoms with Gasteiger partial charge in [0.2, 0.25) is 0 Å². The summed E-state index contributed by atoms with van der Waals surface area (Å²) in [5, 5.41) is 12.0. The molecule has 0 saturated carbocycles. The third kappa shape index (κ3) is 5.08. The fourth-order valence-electron chi connectivity index (χ4n) is 4.49. The van der Waals surface area contributed by atoms with E-state index >= 15 is 0 Å². The van der Waals surface area contributed by atoms with Crippen molar-refractivity contribution in [3.63, 3.8) is 0 Å². The molecule has 1 unspecified atom stereocenters. The lowest BCUT2D eigenvalue weighted by Crippen LogP contribution is -2.46. The van der Waals surface area contributed by atoms with Crippen molar-refractivity contribution in [2.45, 2.75) is 30.3 Å². The lowest BCUT2D eigenvalue weighted by Gasteiger charge is -2.42. The lowest BCUT2D eigenvalue weighted by atomic mass is 9.72. The van der Waals surface area contributed by atoms with Gasteiger partial charge in [0, 0.05) is 13.1 Å². The largest absolute Gasteiger partial charge is 0.611 e. The van der Waals surface area contributed by atoms with Gasteiger partial charge in [-0.1, -0.05) is 60.7 Å². The first-order valence-electron chi connectivity index (χ1n) is 11.3. The van der Waals surface area contributed by atoms with Crippen LogP contribution in [0.1, 0.15) is 30.9 Å². The Kier molecular flexibility index (Phi) is 7.38. The van der Waals surface area contributed by atoms with Crippen LogP contribution in [0.15, 0.2) is 89.8 Å². The van der Waals surface area contributed by atoms with Crippen LogP contribution in [0.4, 0.5) is 4.79 Å². The van der Waals surface area contributed by atoms with Crippen LogP contribution >= 0.6 is 0 Å². The molecule has 1 heterocycles. The maximum Gasteiger partial charge on any atom is 0.415 e. The first-order chi connectivity index (χ1) is 16.0. The van der Waals surface area contributed by atoms with E-state index in [1.807, 2.05) is 67.6 Å². The Hall–Kier alpha value is -2.80. The van der Waals surface area contributed by atoms with Crippen molar-refractivity contribution >= 4 is 17.3 Å². The Morgan fingerprint density at radius 3 is 1.97 bits per heavy atom. The van der Waals surface area contributed by atoms with Crippen molar-refractivity contribution in [1.82, 2.24) is 4.90 Å². The Morgan fingerprint density at radius 1 is 0.970 bits per heavy atom. The van der Waals surface area contributed by atoms with Gasteiger partial charge in [0.1, 0.15) is 17.1 Å². The predicted octanol–water partition coefficient (Wildman–Crippen LogP) is 4.96. The second-order valence-corrected chi connectivity index (χ2v) is 9.97. The molecule has 1 atom stereocenters. The Balaban J connectivity index is 1.44. The number of hydrogen-bond acceptors (Lipinski definition) is 4. The fraction of sp³-hybridized carbons (Fsp3) is 0.296. The number of ether oxygens (including phenoxy) is 1. The van der Waals surface area contributed by atoms with E-state index in [1.54, 1.807) is 29.2 Å². The quantitative estimate of drug-likeness (QED) is 0.525. The molecule has 4 rings (SSSR count). The molecule has 0 bridgehead atoms. The minimum atomic E-state index is -1.12. The highest BCUT2D eigenvalue weighted by Gasteiger charge is 2.42. The summed E-state index contributed by atoms with van der Waals surface area (Å²) in [5.74, 6) is 0.950. The van der Waals surface area contributed by atoms with E-state index in [1.165, 1.54) is 0 Å². The second kappa shape index (κ2) is 10.4. The molecular formula is C27H29NO4S. The summed E-state index contributed by atoms with van der Waals surface area (Å²) in [6, 6.07) is 26.3. The van der Waals surface area contributed by atoms with Gasteiger partial charge in [-0.3, -0.25) is 0 Å². The van der Waals surface area contributed by atoms with Crippen LogP contribution < -0.4 is 4.74 Å². The van der Waals surface area contributed by atoms with Crippen LogP contribution in [0.25, 0.3) is 0 Å². The van der Waals surface area contributed by atoms with E-state index in [-0.39, 0.29) is 5.92 Å². The molecule has 1 amide bonds. The van der Waals surface area contributed by atoms with Gasteiger partial charge in [-0.05, 0) is 72.3 Å². The van der Waals surface area contributed by atoms with Crippen molar-refractivity contribution < 1.29 is 19.2 Å². The van der Waals surface area contributed by atoms with E-state index in [0.717, 1.165) is 16.0 Å². The fourth-order valence-corrected chi connectivity index (χ4v) is 5.27. The number of benzene rings is 3. The summed E-state index contributed by atoms with van der Waals surface area (Å²) < 4.78 is 17.4. The smallest absolute Gasteiger partial charge is 0.415 e. The molecule has 0 spiro atoms.